The number of halogens is 4. The Morgan fingerprint density at radius 3 is 2.64 bits per heavy atom. The van der Waals surface area contributed by atoms with Gasteiger partial charge in [0.05, 0.1) is 17.7 Å². The number of esters is 1. The fourth-order valence-electron chi connectivity index (χ4n) is 1.99. The molecule has 1 aromatic heterocycles. The van der Waals surface area contributed by atoms with Gasteiger partial charge in [0, 0.05) is 0 Å². The molecule has 1 heterocycles. The van der Waals surface area contributed by atoms with Crippen LogP contribution in [0.5, 0.6) is 0 Å². The average Bonchev–Trinajstić information content (AvgIpc) is 2.79. The first-order valence-corrected chi connectivity index (χ1v) is 6.26. The first-order valence-electron chi connectivity index (χ1n) is 6.26. The van der Waals surface area contributed by atoms with Crippen LogP contribution in [0.3, 0.4) is 0 Å². The Morgan fingerprint density at radius 1 is 1.36 bits per heavy atom. The maximum atomic E-state index is 14.0. The Labute approximate surface area is 122 Å². The zero-order valence-corrected chi connectivity index (χ0v) is 11.6. The second kappa shape index (κ2) is 5.78. The number of alkyl halides is 3. The van der Waals surface area contributed by atoms with Crippen molar-refractivity contribution >= 4 is 5.97 Å². The molecule has 0 radical (unpaired) electrons. The molecule has 4 nitrogen and oxygen atoms in total. The van der Waals surface area contributed by atoms with Crippen molar-refractivity contribution in [1.82, 2.24) is 5.16 Å². The molecular weight excluding hydrogens is 306 g/mol. The highest BCUT2D eigenvalue weighted by Crippen LogP contribution is 2.39. The van der Waals surface area contributed by atoms with Crippen LogP contribution >= 0.6 is 0 Å². The molecule has 0 unspecified atom stereocenters. The van der Waals surface area contributed by atoms with Crippen molar-refractivity contribution in [3.63, 3.8) is 0 Å². The van der Waals surface area contributed by atoms with Crippen LogP contribution in [0.1, 0.15) is 28.6 Å². The lowest BCUT2D eigenvalue weighted by atomic mass is 9.99. The highest BCUT2D eigenvalue weighted by Gasteiger charge is 2.37. The smallest absolute Gasteiger partial charge is 0.417 e. The van der Waals surface area contributed by atoms with Gasteiger partial charge in [-0.25, -0.2) is 9.18 Å². The van der Waals surface area contributed by atoms with Crippen LogP contribution in [0.25, 0.3) is 11.3 Å². The molecule has 22 heavy (non-hydrogen) atoms. The topological polar surface area (TPSA) is 52.3 Å². The Bertz CT molecular complexity index is 707. The molecule has 0 bridgehead atoms. The van der Waals surface area contributed by atoms with Crippen molar-refractivity contribution in [3.05, 3.63) is 40.9 Å². The van der Waals surface area contributed by atoms with Crippen LogP contribution in [-0.2, 0) is 10.9 Å². The molecule has 8 heteroatoms. The van der Waals surface area contributed by atoms with E-state index >= 15 is 0 Å². The van der Waals surface area contributed by atoms with Gasteiger partial charge in [0.2, 0.25) is 0 Å². The number of nitrogens with zero attached hydrogens (tertiary/aromatic N) is 1. The van der Waals surface area contributed by atoms with Gasteiger partial charge >= 0.3 is 12.1 Å². The first kappa shape index (κ1) is 16.0. The summed E-state index contributed by atoms with van der Waals surface area (Å²) >= 11 is 0. The lowest BCUT2D eigenvalue weighted by Gasteiger charge is -2.12. The Kier molecular flexibility index (Phi) is 4.20. The maximum absolute atomic E-state index is 14.0. The molecule has 2 aromatic rings. The average molecular weight is 317 g/mol. The van der Waals surface area contributed by atoms with E-state index in [1.807, 2.05) is 0 Å². The summed E-state index contributed by atoms with van der Waals surface area (Å²) in [5.74, 6) is -2.13. The molecule has 0 aliphatic carbocycles. The van der Waals surface area contributed by atoms with E-state index in [9.17, 15) is 22.4 Å². The predicted molar refractivity (Wildman–Crippen MR) is 67.6 cm³/mol. The summed E-state index contributed by atoms with van der Waals surface area (Å²) in [6.45, 7) is 2.87. The number of ether oxygens (including phenoxy) is 1. The molecule has 1 aromatic carbocycles. The third kappa shape index (κ3) is 2.81. The molecule has 0 atom stereocenters. The largest absolute Gasteiger partial charge is 0.462 e. The Balaban J connectivity index is 2.71. The van der Waals surface area contributed by atoms with Gasteiger partial charge in [0.25, 0.3) is 0 Å². The monoisotopic (exact) mass is 317 g/mol. The van der Waals surface area contributed by atoms with E-state index in [-0.39, 0.29) is 17.9 Å². The summed E-state index contributed by atoms with van der Waals surface area (Å²) in [4.78, 5) is 11.9. The highest BCUT2D eigenvalue weighted by molar-refractivity contribution is 5.97. The molecule has 118 valence electrons. The summed E-state index contributed by atoms with van der Waals surface area (Å²) < 4.78 is 62.7. The second-order valence-corrected chi connectivity index (χ2v) is 4.34. The number of carbonyl (C=O) groups is 1. The molecular formula is C14H11F4NO3. The minimum absolute atomic E-state index is 0.00624. The minimum atomic E-state index is -4.81. The zero-order chi connectivity index (χ0) is 16.5. The Morgan fingerprint density at radius 2 is 2.05 bits per heavy atom. The molecule has 0 spiro atoms. The van der Waals surface area contributed by atoms with Crippen molar-refractivity contribution in [2.24, 2.45) is 0 Å². The highest BCUT2D eigenvalue weighted by atomic mass is 19.4. The van der Waals surface area contributed by atoms with Crippen LogP contribution in [0.4, 0.5) is 17.6 Å². The number of benzene rings is 1. The summed E-state index contributed by atoms with van der Waals surface area (Å²) in [5.41, 5.74) is -2.93. The third-order valence-electron chi connectivity index (χ3n) is 2.90. The van der Waals surface area contributed by atoms with Crippen molar-refractivity contribution in [1.29, 1.82) is 0 Å². The number of hydrogen-bond acceptors (Lipinski definition) is 4. The molecule has 0 saturated heterocycles. The predicted octanol–water partition coefficient (Wildman–Crippen LogP) is 3.98. The molecule has 2 rings (SSSR count). The Hall–Kier alpha value is -2.38. The maximum Gasteiger partial charge on any atom is 0.417 e. The number of carbonyl (C=O) groups excluding carboxylic acids is 1. The molecule has 0 saturated carbocycles. The summed E-state index contributed by atoms with van der Waals surface area (Å²) in [6, 6.07) is 2.49. The van der Waals surface area contributed by atoms with Crippen LogP contribution in [0, 0.1) is 12.7 Å². The van der Waals surface area contributed by atoms with Gasteiger partial charge in [-0.05, 0) is 26.0 Å². The SMILES string of the molecule is CCOC(=O)c1c(-c2c(F)cccc2C(F)(F)F)noc1C. The van der Waals surface area contributed by atoms with E-state index in [4.69, 9.17) is 9.26 Å². The number of aryl methyl sites for hydroxylation is 1. The lowest BCUT2D eigenvalue weighted by molar-refractivity contribution is -0.137. The van der Waals surface area contributed by atoms with Crippen LogP contribution in [-0.4, -0.2) is 17.7 Å². The van der Waals surface area contributed by atoms with Gasteiger partial charge in [-0.15, -0.1) is 0 Å². The number of hydrogen-bond donors (Lipinski definition) is 0. The second-order valence-electron chi connectivity index (χ2n) is 4.34. The van der Waals surface area contributed by atoms with Crippen LogP contribution in [0.15, 0.2) is 22.7 Å². The lowest BCUT2D eigenvalue weighted by Crippen LogP contribution is -2.11. The third-order valence-corrected chi connectivity index (χ3v) is 2.90. The van der Waals surface area contributed by atoms with Gasteiger partial charge < -0.3 is 9.26 Å². The van der Waals surface area contributed by atoms with Gasteiger partial charge in [-0.1, -0.05) is 11.2 Å². The molecule has 0 N–H and O–H groups in total. The van der Waals surface area contributed by atoms with E-state index in [1.54, 1.807) is 0 Å². The molecule has 0 aliphatic heterocycles. The van der Waals surface area contributed by atoms with Crippen LogP contribution in [0.2, 0.25) is 0 Å². The summed E-state index contributed by atoms with van der Waals surface area (Å²) in [6.07, 6.45) is -4.81. The fraction of sp³-hybridized carbons (Fsp3) is 0.286. The van der Waals surface area contributed by atoms with Crippen molar-refractivity contribution in [2.45, 2.75) is 20.0 Å². The van der Waals surface area contributed by atoms with E-state index in [2.05, 4.69) is 5.16 Å². The van der Waals surface area contributed by atoms with Crippen LogP contribution < -0.4 is 0 Å². The van der Waals surface area contributed by atoms with Gasteiger partial charge in [0.1, 0.15) is 22.8 Å². The van der Waals surface area contributed by atoms with Gasteiger partial charge in [0.15, 0.2) is 0 Å². The van der Waals surface area contributed by atoms with Gasteiger partial charge in [-0.2, -0.15) is 13.2 Å². The van der Waals surface area contributed by atoms with Crippen molar-refractivity contribution in [3.8, 4) is 11.3 Å². The quantitative estimate of drug-likeness (QED) is 0.634. The fourth-order valence-corrected chi connectivity index (χ4v) is 1.99. The van der Waals surface area contributed by atoms with Crippen molar-refractivity contribution < 1.29 is 31.6 Å². The number of aromatic nitrogens is 1. The van der Waals surface area contributed by atoms with Gasteiger partial charge in [-0.3, -0.25) is 0 Å². The van der Waals surface area contributed by atoms with E-state index in [1.165, 1.54) is 13.8 Å². The van der Waals surface area contributed by atoms with E-state index < -0.39 is 34.8 Å². The summed E-state index contributed by atoms with van der Waals surface area (Å²) in [7, 11) is 0. The minimum Gasteiger partial charge on any atom is -0.462 e. The molecule has 0 fully saturated rings. The normalized spacial score (nSPS) is 11.5. The molecule has 0 aliphatic rings. The van der Waals surface area contributed by atoms with Crippen molar-refractivity contribution in [2.75, 3.05) is 6.61 Å². The molecule has 0 amide bonds. The standard InChI is InChI=1S/C14H11F4NO3/c1-3-21-13(20)10-7(2)22-19-12(10)11-8(14(16,17)18)5-4-6-9(11)15/h4-6H,3H2,1-2H3. The first-order chi connectivity index (χ1) is 10.3. The van der Waals surface area contributed by atoms with E-state index in [0.717, 1.165) is 12.1 Å². The van der Waals surface area contributed by atoms with E-state index in [0.29, 0.717) is 6.07 Å². The number of rotatable bonds is 3. The summed E-state index contributed by atoms with van der Waals surface area (Å²) in [5, 5.41) is 3.41. The zero-order valence-electron chi connectivity index (χ0n) is 11.6.